The minimum absolute atomic E-state index is 0.0396. The third-order valence-electron chi connectivity index (χ3n) is 3.44. The van der Waals surface area contributed by atoms with E-state index in [1.165, 1.54) is 0 Å². The molecule has 2 rings (SSSR count). The van der Waals surface area contributed by atoms with Crippen LogP contribution in [0, 0.1) is 12.7 Å². The molecule has 2 aromatic carbocycles. The summed E-state index contributed by atoms with van der Waals surface area (Å²) in [6.07, 6.45) is 0. The highest BCUT2D eigenvalue weighted by Gasteiger charge is 2.15. The van der Waals surface area contributed by atoms with Crippen molar-refractivity contribution in [3.8, 4) is 5.75 Å². The van der Waals surface area contributed by atoms with Gasteiger partial charge in [-0.05, 0) is 64.3 Å². The Morgan fingerprint density at radius 3 is 2.43 bits per heavy atom. The Morgan fingerprint density at radius 2 is 1.86 bits per heavy atom. The van der Waals surface area contributed by atoms with Crippen molar-refractivity contribution in [3.63, 3.8) is 0 Å². The molecule has 2 nitrogen and oxygen atoms in total. The molecular weight excluding hydrogens is 333 g/mol. The lowest BCUT2D eigenvalue weighted by Gasteiger charge is -2.20. The topological polar surface area (TPSA) is 21.3 Å². The van der Waals surface area contributed by atoms with E-state index in [1.807, 2.05) is 32.0 Å². The second kappa shape index (κ2) is 7.05. The summed E-state index contributed by atoms with van der Waals surface area (Å²) >= 11 is 3.19. The number of aryl methyl sites for hydroxylation is 1. The van der Waals surface area contributed by atoms with E-state index in [9.17, 15) is 4.39 Å². The van der Waals surface area contributed by atoms with Crippen molar-refractivity contribution >= 4 is 15.9 Å². The number of nitrogens with one attached hydrogen (secondary N) is 1. The van der Waals surface area contributed by atoms with Gasteiger partial charge >= 0.3 is 0 Å². The molecule has 0 bridgehead atoms. The highest BCUT2D eigenvalue weighted by Crippen LogP contribution is 2.28. The van der Waals surface area contributed by atoms with Crippen LogP contribution in [-0.2, 0) is 0 Å². The molecule has 0 aliphatic heterocycles. The first-order valence-corrected chi connectivity index (χ1v) is 7.69. The fourth-order valence-corrected chi connectivity index (χ4v) is 2.65. The predicted molar refractivity (Wildman–Crippen MR) is 87.4 cm³/mol. The van der Waals surface area contributed by atoms with Gasteiger partial charge in [-0.2, -0.15) is 0 Å². The van der Waals surface area contributed by atoms with Gasteiger partial charge in [-0.15, -0.1) is 0 Å². The predicted octanol–water partition coefficient (Wildman–Crippen LogP) is 4.60. The molecule has 0 aliphatic rings. The summed E-state index contributed by atoms with van der Waals surface area (Å²) in [5.74, 6) is 0.608. The van der Waals surface area contributed by atoms with Crippen molar-refractivity contribution in [2.75, 3.05) is 13.7 Å². The van der Waals surface area contributed by atoms with Gasteiger partial charge in [-0.3, -0.25) is 0 Å². The van der Waals surface area contributed by atoms with Crippen LogP contribution in [0.25, 0.3) is 0 Å². The monoisotopic (exact) mass is 351 g/mol. The molecule has 0 saturated heterocycles. The van der Waals surface area contributed by atoms with E-state index in [0.717, 1.165) is 29.0 Å². The Labute approximate surface area is 133 Å². The molecular formula is C17H19BrFNO. The van der Waals surface area contributed by atoms with E-state index in [-0.39, 0.29) is 11.9 Å². The van der Waals surface area contributed by atoms with Crippen LogP contribution in [0.1, 0.15) is 29.7 Å². The Bertz CT molecular complexity index is 630. The van der Waals surface area contributed by atoms with Crippen molar-refractivity contribution in [2.45, 2.75) is 19.9 Å². The van der Waals surface area contributed by atoms with E-state index in [4.69, 9.17) is 4.74 Å². The highest BCUT2D eigenvalue weighted by molar-refractivity contribution is 9.10. The van der Waals surface area contributed by atoms with Crippen molar-refractivity contribution in [3.05, 3.63) is 63.4 Å². The molecule has 0 aliphatic carbocycles. The van der Waals surface area contributed by atoms with Gasteiger partial charge in [0.15, 0.2) is 0 Å². The molecule has 4 heteroatoms. The standard InChI is InChI=1S/C17H19BrFNO/c1-4-20-17(13-5-7-14(18)15(19)10-13)12-6-8-16(21-3)11(2)9-12/h5-10,17,20H,4H2,1-3H3. The summed E-state index contributed by atoms with van der Waals surface area (Å²) in [6, 6.07) is 11.2. The van der Waals surface area contributed by atoms with E-state index < -0.39 is 0 Å². The molecule has 1 N–H and O–H groups in total. The molecule has 0 saturated carbocycles. The number of rotatable bonds is 5. The van der Waals surface area contributed by atoms with E-state index in [1.54, 1.807) is 19.2 Å². The van der Waals surface area contributed by atoms with Crippen LogP contribution in [0.2, 0.25) is 0 Å². The molecule has 1 unspecified atom stereocenters. The molecule has 21 heavy (non-hydrogen) atoms. The first-order valence-electron chi connectivity index (χ1n) is 6.89. The van der Waals surface area contributed by atoms with Crippen molar-refractivity contribution in [2.24, 2.45) is 0 Å². The molecule has 0 radical (unpaired) electrons. The van der Waals surface area contributed by atoms with Gasteiger partial charge < -0.3 is 10.1 Å². The van der Waals surface area contributed by atoms with Crippen LogP contribution in [0.3, 0.4) is 0 Å². The maximum absolute atomic E-state index is 13.8. The minimum atomic E-state index is -0.249. The van der Waals surface area contributed by atoms with Gasteiger partial charge in [-0.1, -0.05) is 25.1 Å². The summed E-state index contributed by atoms with van der Waals surface area (Å²) < 4.78 is 19.6. The zero-order chi connectivity index (χ0) is 15.4. The normalized spacial score (nSPS) is 12.2. The lowest BCUT2D eigenvalue weighted by Crippen LogP contribution is -2.22. The third kappa shape index (κ3) is 3.63. The molecule has 2 aromatic rings. The van der Waals surface area contributed by atoms with Gasteiger partial charge in [0.2, 0.25) is 0 Å². The molecule has 0 heterocycles. The van der Waals surface area contributed by atoms with Crippen molar-refractivity contribution in [1.29, 1.82) is 0 Å². The van der Waals surface area contributed by atoms with Crippen LogP contribution in [-0.4, -0.2) is 13.7 Å². The number of benzene rings is 2. The Hall–Kier alpha value is -1.39. The summed E-state index contributed by atoms with van der Waals surface area (Å²) in [4.78, 5) is 0. The maximum Gasteiger partial charge on any atom is 0.137 e. The smallest absolute Gasteiger partial charge is 0.137 e. The first kappa shape index (κ1) is 16.0. The zero-order valence-electron chi connectivity index (χ0n) is 12.4. The Morgan fingerprint density at radius 1 is 1.19 bits per heavy atom. The van der Waals surface area contributed by atoms with E-state index >= 15 is 0 Å². The largest absolute Gasteiger partial charge is 0.496 e. The van der Waals surface area contributed by atoms with Crippen molar-refractivity contribution < 1.29 is 9.13 Å². The lowest BCUT2D eigenvalue weighted by molar-refractivity contribution is 0.411. The van der Waals surface area contributed by atoms with Gasteiger partial charge in [0, 0.05) is 0 Å². The lowest BCUT2D eigenvalue weighted by atomic mass is 9.97. The molecule has 112 valence electrons. The number of methoxy groups -OCH3 is 1. The van der Waals surface area contributed by atoms with Gasteiger partial charge in [-0.25, -0.2) is 4.39 Å². The molecule has 0 fully saturated rings. The summed E-state index contributed by atoms with van der Waals surface area (Å²) in [5, 5.41) is 3.40. The van der Waals surface area contributed by atoms with Crippen molar-refractivity contribution in [1.82, 2.24) is 5.32 Å². The molecule has 0 spiro atoms. The second-order valence-electron chi connectivity index (χ2n) is 4.89. The quantitative estimate of drug-likeness (QED) is 0.849. The average molecular weight is 352 g/mol. The summed E-state index contributed by atoms with van der Waals surface area (Å²) in [7, 11) is 1.66. The number of halogens is 2. The van der Waals surface area contributed by atoms with Crippen LogP contribution in [0.5, 0.6) is 5.75 Å². The van der Waals surface area contributed by atoms with Crippen LogP contribution >= 0.6 is 15.9 Å². The number of hydrogen-bond donors (Lipinski definition) is 1. The van der Waals surface area contributed by atoms with Gasteiger partial charge in [0.05, 0.1) is 17.6 Å². The summed E-state index contributed by atoms with van der Waals surface area (Å²) in [5.41, 5.74) is 3.06. The number of ether oxygens (including phenoxy) is 1. The zero-order valence-corrected chi connectivity index (χ0v) is 14.0. The van der Waals surface area contributed by atoms with Crippen LogP contribution < -0.4 is 10.1 Å². The maximum atomic E-state index is 13.8. The SMILES string of the molecule is CCNC(c1ccc(OC)c(C)c1)c1ccc(Br)c(F)c1. The fraction of sp³-hybridized carbons (Fsp3) is 0.294. The second-order valence-corrected chi connectivity index (χ2v) is 5.75. The van der Waals surface area contributed by atoms with Gasteiger partial charge in [0.1, 0.15) is 11.6 Å². The van der Waals surface area contributed by atoms with Gasteiger partial charge in [0.25, 0.3) is 0 Å². The third-order valence-corrected chi connectivity index (χ3v) is 4.08. The average Bonchev–Trinajstić information content (AvgIpc) is 2.48. The van der Waals surface area contributed by atoms with Crippen LogP contribution in [0.15, 0.2) is 40.9 Å². The van der Waals surface area contributed by atoms with Crippen LogP contribution in [0.4, 0.5) is 4.39 Å². The Balaban J connectivity index is 2.42. The Kier molecular flexibility index (Phi) is 5.37. The van der Waals surface area contributed by atoms with E-state index in [0.29, 0.717) is 4.47 Å². The first-order chi connectivity index (χ1) is 10.1. The molecule has 0 amide bonds. The fourth-order valence-electron chi connectivity index (χ4n) is 2.41. The molecule has 0 aromatic heterocycles. The summed E-state index contributed by atoms with van der Waals surface area (Å²) in [6.45, 7) is 4.85. The number of hydrogen-bond acceptors (Lipinski definition) is 2. The highest BCUT2D eigenvalue weighted by atomic mass is 79.9. The minimum Gasteiger partial charge on any atom is -0.496 e. The molecule has 1 atom stereocenters. The van der Waals surface area contributed by atoms with E-state index in [2.05, 4.69) is 27.3 Å².